The largest absolute Gasteiger partial charge is 0.491 e. The normalized spacial score (nSPS) is 13.6. The molecule has 0 atom stereocenters. The quantitative estimate of drug-likeness (QED) is 0.596. The van der Waals surface area contributed by atoms with E-state index in [4.69, 9.17) is 9.47 Å². The number of aromatic nitrogens is 1. The number of fused-ring (bicyclic) bond motifs is 1. The van der Waals surface area contributed by atoms with E-state index in [0.717, 1.165) is 11.4 Å². The summed E-state index contributed by atoms with van der Waals surface area (Å²) in [7, 11) is 1.87. The summed E-state index contributed by atoms with van der Waals surface area (Å²) in [5, 5.41) is 0. The van der Waals surface area contributed by atoms with Crippen molar-refractivity contribution < 1.29 is 23.9 Å². The summed E-state index contributed by atoms with van der Waals surface area (Å²) in [6.07, 6.45) is 0.170. The van der Waals surface area contributed by atoms with Crippen molar-refractivity contribution in [3.8, 4) is 5.75 Å². The van der Waals surface area contributed by atoms with Crippen LogP contribution in [0.3, 0.4) is 0 Å². The summed E-state index contributed by atoms with van der Waals surface area (Å²) in [6, 6.07) is 8.80. The summed E-state index contributed by atoms with van der Waals surface area (Å²) in [6.45, 7) is 3.38. The number of nitrogens with zero attached hydrogens (tertiary/aromatic N) is 2. The number of benzene rings is 1. The highest BCUT2D eigenvalue weighted by Gasteiger charge is 2.26. The van der Waals surface area contributed by atoms with E-state index in [1.165, 1.54) is 4.90 Å². The van der Waals surface area contributed by atoms with Gasteiger partial charge in [0.2, 0.25) is 11.7 Å². The van der Waals surface area contributed by atoms with Crippen molar-refractivity contribution in [1.29, 1.82) is 0 Å². The smallest absolute Gasteiger partial charge is 0.326 e. The highest BCUT2D eigenvalue weighted by molar-refractivity contribution is 6.01. The van der Waals surface area contributed by atoms with Crippen LogP contribution in [0.15, 0.2) is 30.3 Å². The van der Waals surface area contributed by atoms with Crippen LogP contribution in [0, 0.1) is 13.8 Å². The molecule has 2 heterocycles. The Morgan fingerprint density at radius 1 is 1.22 bits per heavy atom. The van der Waals surface area contributed by atoms with Crippen LogP contribution in [0.1, 0.15) is 28.2 Å². The van der Waals surface area contributed by atoms with Crippen molar-refractivity contribution in [2.45, 2.75) is 20.3 Å². The SMILES string of the molecule is Cc1cc(C(=O)COC(=O)CN2C(=O)CCOc3ccccc32)c(C)n1C. The molecule has 1 aromatic heterocycles. The number of carbonyl (C=O) groups is 3. The maximum atomic E-state index is 12.4. The van der Waals surface area contributed by atoms with Crippen molar-refractivity contribution in [2.24, 2.45) is 7.05 Å². The van der Waals surface area contributed by atoms with E-state index in [-0.39, 0.29) is 37.9 Å². The van der Waals surface area contributed by atoms with Gasteiger partial charge in [0.1, 0.15) is 12.3 Å². The lowest BCUT2D eigenvalue weighted by Crippen LogP contribution is -2.36. The fraction of sp³-hybridized carbons (Fsp3) is 0.350. The Morgan fingerprint density at radius 3 is 2.67 bits per heavy atom. The standard InChI is InChI=1S/C20H22N2O5/c1-13-10-15(14(2)21(13)3)17(23)12-27-20(25)11-22-16-6-4-5-7-18(16)26-9-8-19(22)24/h4-7,10H,8-9,11-12H2,1-3H3. The Bertz CT molecular complexity index is 900. The molecule has 7 nitrogen and oxygen atoms in total. The van der Waals surface area contributed by atoms with E-state index >= 15 is 0 Å². The fourth-order valence-corrected chi connectivity index (χ4v) is 3.03. The first-order valence-corrected chi connectivity index (χ1v) is 8.72. The van der Waals surface area contributed by atoms with Gasteiger partial charge in [-0.1, -0.05) is 12.1 Å². The number of hydrogen-bond acceptors (Lipinski definition) is 5. The second-order valence-corrected chi connectivity index (χ2v) is 6.47. The van der Waals surface area contributed by atoms with E-state index in [2.05, 4.69) is 0 Å². The Kier molecular flexibility index (Phi) is 5.30. The Balaban J connectivity index is 1.66. The molecule has 3 rings (SSSR count). The van der Waals surface area contributed by atoms with Gasteiger partial charge in [0.15, 0.2) is 6.61 Å². The van der Waals surface area contributed by atoms with Crippen LogP contribution < -0.4 is 9.64 Å². The fourth-order valence-electron chi connectivity index (χ4n) is 3.03. The first-order valence-electron chi connectivity index (χ1n) is 8.72. The van der Waals surface area contributed by atoms with Gasteiger partial charge in [0.25, 0.3) is 0 Å². The van der Waals surface area contributed by atoms with Gasteiger partial charge in [-0.3, -0.25) is 19.3 Å². The Labute approximate surface area is 157 Å². The molecule has 1 aliphatic rings. The van der Waals surface area contributed by atoms with E-state index in [0.29, 0.717) is 17.0 Å². The number of rotatable bonds is 5. The van der Waals surface area contributed by atoms with E-state index in [1.54, 1.807) is 30.3 Å². The van der Waals surface area contributed by atoms with Gasteiger partial charge in [-0.15, -0.1) is 0 Å². The summed E-state index contributed by atoms with van der Waals surface area (Å²) in [5.41, 5.74) is 2.83. The average Bonchev–Trinajstić information content (AvgIpc) is 2.82. The van der Waals surface area contributed by atoms with Gasteiger partial charge in [-0.05, 0) is 32.0 Å². The molecule has 1 aromatic carbocycles. The number of carbonyl (C=O) groups excluding carboxylic acids is 3. The molecule has 0 N–H and O–H groups in total. The van der Waals surface area contributed by atoms with Gasteiger partial charge in [-0.25, -0.2) is 0 Å². The minimum atomic E-state index is -0.640. The lowest BCUT2D eigenvalue weighted by molar-refractivity contribution is -0.141. The van der Waals surface area contributed by atoms with Gasteiger partial charge >= 0.3 is 5.97 Å². The van der Waals surface area contributed by atoms with Gasteiger partial charge in [0, 0.05) is 24.0 Å². The zero-order valence-electron chi connectivity index (χ0n) is 15.7. The molecule has 0 saturated carbocycles. The predicted molar refractivity (Wildman–Crippen MR) is 99.1 cm³/mol. The average molecular weight is 370 g/mol. The number of aryl methyl sites for hydroxylation is 1. The first-order chi connectivity index (χ1) is 12.9. The summed E-state index contributed by atoms with van der Waals surface area (Å²) in [4.78, 5) is 38.3. The predicted octanol–water partition coefficient (Wildman–Crippen LogP) is 2.18. The molecule has 0 unspecified atom stereocenters. The maximum absolute atomic E-state index is 12.4. The monoisotopic (exact) mass is 370 g/mol. The number of para-hydroxylation sites is 2. The third kappa shape index (κ3) is 3.86. The lowest BCUT2D eigenvalue weighted by Gasteiger charge is -2.20. The van der Waals surface area contributed by atoms with E-state index in [9.17, 15) is 14.4 Å². The summed E-state index contributed by atoms with van der Waals surface area (Å²) >= 11 is 0. The molecule has 0 fully saturated rings. The van der Waals surface area contributed by atoms with Gasteiger partial charge in [0.05, 0.1) is 18.7 Å². The zero-order valence-corrected chi connectivity index (χ0v) is 15.7. The van der Waals surface area contributed by atoms with E-state index in [1.807, 2.05) is 25.5 Å². The molecular formula is C20H22N2O5. The van der Waals surface area contributed by atoms with Crippen LogP contribution in [0.4, 0.5) is 5.69 Å². The second kappa shape index (κ2) is 7.65. The highest BCUT2D eigenvalue weighted by Crippen LogP contribution is 2.30. The zero-order chi connectivity index (χ0) is 19.6. The highest BCUT2D eigenvalue weighted by atomic mass is 16.5. The number of esters is 1. The van der Waals surface area contributed by atoms with Crippen LogP contribution in [0.25, 0.3) is 0 Å². The lowest BCUT2D eigenvalue weighted by atomic mass is 10.1. The minimum absolute atomic E-state index is 0.170. The molecule has 0 aliphatic carbocycles. The number of amides is 1. The number of ketones is 1. The molecule has 7 heteroatoms. The first kappa shape index (κ1) is 18.7. The van der Waals surface area contributed by atoms with Crippen LogP contribution in [0.2, 0.25) is 0 Å². The summed E-state index contributed by atoms with van der Waals surface area (Å²) in [5.74, 6) is -0.588. The van der Waals surface area contributed by atoms with Gasteiger partial charge < -0.3 is 14.0 Å². The molecule has 1 amide bonds. The van der Waals surface area contributed by atoms with Crippen molar-refractivity contribution in [1.82, 2.24) is 4.57 Å². The van der Waals surface area contributed by atoms with E-state index < -0.39 is 5.97 Å². The Hall–Kier alpha value is -3.09. The number of ether oxygens (including phenoxy) is 2. The molecule has 0 spiro atoms. The van der Waals surface area contributed by atoms with Crippen molar-refractivity contribution in [3.05, 3.63) is 47.3 Å². The molecule has 0 saturated heterocycles. The number of hydrogen-bond donors (Lipinski definition) is 0. The molecule has 0 bridgehead atoms. The molecule has 0 radical (unpaired) electrons. The maximum Gasteiger partial charge on any atom is 0.326 e. The van der Waals surface area contributed by atoms with Gasteiger partial charge in [-0.2, -0.15) is 0 Å². The topological polar surface area (TPSA) is 77.8 Å². The summed E-state index contributed by atoms with van der Waals surface area (Å²) < 4.78 is 12.6. The van der Waals surface area contributed by atoms with Crippen molar-refractivity contribution >= 4 is 23.3 Å². The van der Waals surface area contributed by atoms with Crippen molar-refractivity contribution in [3.63, 3.8) is 0 Å². The molecular weight excluding hydrogens is 348 g/mol. The number of Topliss-reactive ketones (excluding diaryl/α,β-unsaturated/α-hetero) is 1. The Morgan fingerprint density at radius 2 is 1.96 bits per heavy atom. The molecule has 142 valence electrons. The third-order valence-electron chi connectivity index (χ3n) is 4.76. The molecule has 1 aliphatic heterocycles. The van der Waals surface area contributed by atoms with Crippen LogP contribution in [-0.4, -0.2) is 42.0 Å². The van der Waals surface area contributed by atoms with Crippen molar-refractivity contribution in [2.75, 3.05) is 24.7 Å². The number of anilines is 1. The minimum Gasteiger partial charge on any atom is -0.491 e. The molecule has 2 aromatic rings. The van der Waals surface area contributed by atoms with Crippen LogP contribution in [-0.2, 0) is 21.4 Å². The third-order valence-corrected chi connectivity index (χ3v) is 4.76. The van der Waals surface area contributed by atoms with Crippen LogP contribution in [0.5, 0.6) is 5.75 Å². The second-order valence-electron chi connectivity index (χ2n) is 6.47. The molecule has 27 heavy (non-hydrogen) atoms. The van der Waals surface area contributed by atoms with Crippen LogP contribution >= 0.6 is 0 Å².